The Morgan fingerprint density at radius 3 is 3.00 bits per heavy atom. The monoisotopic (exact) mass is 305 g/mol. The van der Waals surface area contributed by atoms with Gasteiger partial charge in [-0.15, -0.1) is 0 Å². The largest absolute Gasteiger partial charge is 0.278 e. The summed E-state index contributed by atoms with van der Waals surface area (Å²) in [5, 5.41) is 22.0. The molecule has 2 rings (SSSR count). The van der Waals surface area contributed by atoms with Crippen molar-refractivity contribution in [1.29, 1.82) is 0 Å². The number of rotatable bonds is 6. The number of unbranched alkanes of at least 4 members (excludes halogenated alkanes) is 1. The molecule has 0 aliphatic heterocycles. The molecule has 0 saturated heterocycles. The van der Waals surface area contributed by atoms with Crippen molar-refractivity contribution in [1.82, 2.24) is 14.9 Å². The fraction of sp³-hybridized carbons (Fsp3) is 0.308. The van der Waals surface area contributed by atoms with Gasteiger partial charge in [-0.2, -0.15) is 14.9 Å². The van der Waals surface area contributed by atoms with E-state index in [-0.39, 0.29) is 5.69 Å². The fourth-order valence-corrected chi connectivity index (χ4v) is 2.02. The molecule has 1 aromatic heterocycles. The van der Waals surface area contributed by atoms with Crippen molar-refractivity contribution in [3.05, 3.63) is 50.5 Å². The Hall–Kier alpha value is -2.35. The van der Waals surface area contributed by atoms with Crippen LogP contribution in [0.15, 0.2) is 29.4 Å². The number of nitrogens with one attached hydrogen (secondary N) is 1. The van der Waals surface area contributed by atoms with Crippen molar-refractivity contribution in [2.75, 3.05) is 0 Å². The van der Waals surface area contributed by atoms with Crippen molar-refractivity contribution >= 4 is 24.1 Å². The molecular weight excluding hydrogens is 290 g/mol. The first-order valence-electron chi connectivity index (χ1n) is 6.57. The quantitative estimate of drug-likeness (QED) is 0.384. The third-order valence-corrected chi connectivity index (χ3v) is 3.18. The van der Waals surface area contributed by atoms with Crippen molar-refractivity contribution in [2.24, 2.45) is 5.10 Å². The summed E-state index contributed by atoms with van der Waals surface area (Å²) in [6.07, 6.45) is 4.19. The lowest BCUT2D eigenvalue weighted by atomic mass is 10.2. The third-order valence-electron chi connectivity index (χ3n) is 2.92. The highest BCUT2D eigenvalue weighted by atomic mass is 32.1. The summed E-state index contributed by atoms with van der Waals surface area (Å²) in [5.41, 5.74) is 0.429. The number of H-pyrrole nitrogens is 1. The molecule has 0 saturated carbocycles. The number of hydrogen-bond acceptors (Lipinski definition) is 5. The van der Waals surface area contributed by atoms with Gasteiger partial charge >= 0.3 is 0 Å². The molecule has 0 unspecified atom stereocenters. The van der Waals surface area contributed by atoms with E-state index in [2.05, 4.69) is 22.2 Å². The van der Waals surface area contributed by atoms with Crippen LogP contribution < -0.4 is 0 Å². The number of hydrogen-bond donors (Lipinski definition) is 1. The lowest BCUT2D eigenvalue weighted by Crippen LogP contribution is -2.00. The zero-order chi connectivity index (χ0) is 15.2. The predicted molar refractivity (Wildman–Crippen MR) is 82.1 cm³/mol. The maximum Gasteiger partial charge on any atom is 0.278 e. The minimum Gasteiger partial charge on any atom is -0.258 e. The molecule has 1 N–H and O–H groups in total. The van der Waals surface area contributed by atoms with E-state index in [4.69, 9.17) is 12.2 Å². The van der Waals surface area contributed by atoms with E-state index in [0.717, 1.165) is 25.1 Å². The van der Waals surface area contributed by atoms with Crippen LogP contribution in [0.3, 0.4) is 0 Å². The molecule has 1 aromatic carbocycles. The number of aromatic amines is 1. The molecule has 0 bridgehead atoms. The van der Waals surface area contributed by atoms with Crippen LogP contribution in [0.4, 0.5) is 5.69 Å². The Kier molecular flexibility index (Phi) is 4.94. The first-order valence-corrected chi connectivity index (χ1v) is 6.98. The smallest absolute Gasteiger partial charge is 0.258 e. The van der Waals surface area contributed by atoms with Crippen molar-refractivity contribution in [3.63, 3.8) is 0 Å². The predicted octanol–water partition coefficient (Wildman–Crippen LogP) is 3.07. The van der Waals surface area contributed by atoms with Crippen molar-refractivity contribution in [3.8, 4) is 0 Å². The fourth-order valence-electron chi connectivity index (χ4n) is 1.82. The van der Waals surface area contributed by atoms with Gasteiger partial charge in [-0.25, -0.2) is 0 Å². The minimum absolute atomic E-state index is 0.00590. The normalized spacial score (nSPS) is 11.1. The maximum atomic E-state index is 11.0. The van der Waals surface area contributed by atoms with Gasteiger partial charge in [0.25, 0.3) is 5.69 Å². The summed E-state index contributed by atoms with van der Waals surface area (Å²) in [5.74, 6) is 0.719. The number of nitro groups is 1. The lowest BCUT2D eigenvalue weighted by molar-refractivity contribution is -0.385. The van der Waals surface area contributed by atoms with Crippen molar-refractivity contribution < 1.29 is 4.92 Å². The van der Waals surface area contributed by atoms with E-state index >= 15 is 0 Å². The Bertz CT molecular complexity index is 719. The number of para-hydroxylation sites is 1. The topological polar surface area (TPSA) is 89.1 Å². The first kappa shape index (κ1) is 15.0. The van der Waals surface area contributed by atoms with E-state index in [1.807, 2.05) is 0 Å². The van der Waals surface area contributed by atoms with Gasteiger partial charge in [-0.3, -0.25) is 15.2 Å². The molecule has 1 heterocycles. The summed E-state index contributed by atoms with van der Waals surface area (Å²) >= 11 is 5.12. The average Bonchev–Trinajstić information content (AvgIpc) is 2.83. The van der Waals surface area contributed by atoms with Crippen LogP contribution in [-0.4, -0.2) is 26.0 Å². The number of aromatic nitrogens is 3. The van der Waals surface area contributed by atoms with Gasteiger partial charge in [0, 0.05) is 12.5 Å². The number of nitro benzene ring substituents is 1. The average molecular weight is 305 g/mol. The molecule has 7 nitrogen and oxygen atoms in total. The van der Waals surface area contributed by atoms with Crippen LogP contribution >= 0.6 is 12.2 Å². The summed E-state index contributed by atoms with van der Waals surface area (Å²) in [6.45, 7) is 2.09. The van der Waals surface area contributed by atoms with Crippen LogP contribution in [0, 0.1) is 14.9 Å². The van der Waals surface area contributed by atoms with Crippen LogP contribution in [0.2, 0.25) is 0 Å². The van der Waals surface area contributed by atoms with Gasteiger partial charge in [0.05, 0.1) is 16.7 Å². The van der Waals surface area contributed by atoms with Gasteiger partial charge in [-0.1, -0.05) is 25.5 Å². The van der Waals surface area contributed by atoms with Gasteiger partial charge in [-0.05, 0) is 24.7 Å². The molecule has 110 valence electrons. The second-order valence-electron chi connectivity index (χ2n) is 4.42. The van der Waals surface area contributed by atoms with E-state index in [9.17, 15) is 10.1 Å². The molecule has 21 heavy (non-hydrogen) atoms. The molecular formula is C13H15N5O2S. The van der Waals surface area contributed by atoms with Gasteiger partial charge < -0.3 is 0 Å². The molecule has 0 radical (unpaired) electrons. The summed E-state index contributed by atoms with van der Waals surface area (Å²) < 4.78 is 1.87. The zero-order valence-electron chi connectivity index (χ0n) is 11.5. The molecule has 2 aromatic rings. The van der Waals surface area contributed by atoms with E-state index in [1.54, 1.807) is 18.2 Å². The highest BCUT2D eigenvalue weighted by Gasteiger charge is 2.10. The SMILES string of the molecule is CCCCc1n[nH]c(=S)n1/N=C\c1ccccc1[N+](=O)[O-]. The minimum atomic E-state index is -0.437. The number of aryl methyl sites for hydroxylation is 1. The molecule has 0 atom stereocenters. The Morgan fingerprint density at radius 1 is 1.52 bits per heavy atom. The summed E-state index contributed by atoms with van der Waals surface area (Å²) in [6, 6.07) is 6.41. The summed E-state index contributed by atoms with van der Waals surface area (Å²) in [4.78, 5) is 10.5. The highest BCUT2D eigenvalue weighted by molar-refractivity contribution is 7.71. The van der Waals surface area contributed by atoms with Crippen LogP contribution in [-0.2, 0) is 6.42 Å². The third kappa shape index (κ3) is 3.60. The maximum absolute atomic E-state index is 11.0. The number of benzene rings is 1. The van der Waals surface area contributed by atoms with Crippen LogP contribution in [0.5, 0.6) is 0 Å². The zero-order valence-corrected chi connectivity index (χ0v) is 12.3. The van der Waals surface area contributed by atoms with E-state index in [0.29, 0.717) is 10.3 Å². The standard InChI is InChI=1S/C13H15N5O2S/c1-2-3-8-12-15-16-13(21)17(12)14-9-10-6-4-5-7-11(10)18(19)20/h4-7,9H,2-3,8H2,1H3,(H,16,21)/b14-9-. The second-order valence-corrected chi connectivity index (χ2v) is 4.81. The number of nitrogens with zero attached hydrogens (tertiary/aromatic N) is 4. The first-order chi connectivity index (χ1) is 10.1. The lowest BCUT2D eigenvalue weighted by Gasteiger charge is -2.00. The Morgan fingerprint density at radius 2 is 2.29 bits per heavy atom. The Balaban J connectivity index is 2.32. The molecule has 0 fully saturated rings. The van der Waals surface area contributed by atoms with Crippen LogP contribution in [0.25, 0.3) is 0 Å². The molecule has 0 amide bonds. The van der Waals surface area contributed by atoms with Gasteiger partial charge in [0.2, 0.25) is 4.77 Å². The van der Waals surface area contributed by atoms with Gasteiger partial charge in [0.15, 0.2) is 5.82 Å². The molecule has 0 aliphatic rings. The molecule has 0 spiro atoms. The van der Waals surface area contributed by atoms with Crippen molar-refractivity contribution in [2.45, 2.75) is 26.2 Å². The molecule has 0 aliphatic carbocycles. The van der Waals surface area contributed by atoms with Crippen LogP contribution in [0.1, 0.15) is 31.2 Å². The Labute approximate surface area is 126 Å². The highest BCUT2D eigenvalue weighted by Crippen LogP contribution is 2.15. The summed E-state index contributed by atoms with van der Waals surface area (Å²) in [7, 11) is 0. The van der Waals surface area contributed by atoms with E-state index < -0.39 is 4.92 Å². The van der Waals surface area contributed by atoms with Gasteiger partial charge in [0.1, 0.15) is 0 Å². The molecule has 8 heteroatoms. The second kappa shape index (κ2) is 6.89. The van der Waals surface area contributed by atoms with E-state index in [1.165, 1.54) is 17.0 Å².